The Morgan fingerprint density at radius 2 is 2.20 bits per heavy atom. The van der Waals surface area contributed by atoms with Gasteiger partial charge in [0.1, 0.15) is 5.82 Å². The first-order valence-electron chi connectivity index (χ1n) is 6.47. The van der Waals surface area contributed by atoms with Crippen LogP contribution in [0.25, 0.3) is 0 Å². The largest absolute Gasteiger partial charge is 0.383 e. The van der Waals surface area contributed by atoms with Gasteiger partial charge in [0.2, 0.25) is 0 Å². The number of hydrogen-bond acceptors (Lipinski definition) is 2. The van der Waals surface area contributed by atoms with Gasteiger partial charge in [-0.15, -0.1) is 0 Å². The summed E-state index contributed by atoms with van der Waals surface area (Å²) in [6.07, 6.45) is 3.95. The van der Waals surface area contributed by atoms with Crippen molar-refractivity contribution >= 4 is 11.6 Å². The van der Waals surface area contributed by atoms with Crippen molar-refractivity contribution in [2.24, 2.45) is 0 Å². The van der Waals surface area contributed by atoms with E-state index >= 15 is 0 Å². The van der Waals surface area contributed by atoms with Crippen LogP contribution in [0.3, 0.4) is 0 Å². The first kappa shape index (κ1) is 15.0. The van der Waals surface area contributed by atoms with E-state index in [2.05, 4.69) is 5.32 Å². The number of nitrogens with one attached hydrogen (secondary N) is 1. The van der Waals surface area contributed by atoms with Gasteiger partial charge in [0.15, 0.2) is 0 Å². The van der Waals surface area contributed by atoms with Crippen LogP contribution >= 0.6 is 11.6 Å². The predicted octanol–water partition coefficient (Wildman–Crippen LogP) is 3.06. The minimum Gasteiger partial charge on any atom is -0.383 e. The summed E-state index contributed by atoms with van der Waals surface area (Å²) in [5, 5.41) is 3.69. The maximum absolute atomic E-state index is 13.7. The maximum Gasteiger partial charge on any atom is 0.129 e. The van der Waals surface area contributed by atoms with Gasteiger partial charge in [-0.2, -0.15) is 0 Å². The summed E-state index contributed by atoms with van der Waals surface area (Å²) >= 11 is 5.74. The molecule has 0 unspecified atom stereocenters. The molecule has 0 spiro atoms. The molecule has 0 saturated heterocycles. The third-order valence-corrected chi connectivity index (χ3v) is 3.23. The molecule has 0 atom stereocenters. The molecular weight excluding hydrogens is 279 g/mol. The lowest BCUT2D eigenvalue weighted by atomic mass is 10.2. The van der Waals surface area contributed by atoms with Gasteiger partial charge >= 0.3 is 0 Å². The molecule has 3 nitrogen and oxygen atoms in total. The van der Waals surface area contributed by atoms with Crippen LogP contribution in [-0.2, 0) is 17.8 Å². The minimum atomic E-state index is -0.272. The molecule has 0 bridgehead atoms. The Morgan fingerprint density at radius 1 is 1.35 bits per heavy atom. The fraction of sp³-hybridized carbons (Fsp3) is 0.333. The third kappa shape index (κ3) is 4.34. The summed E-state index contributed by atoms with van der Waals surface area (Å²) < 4.78 is 20.6. The van der Waals surface area contributed by atoms with E-state index in [4.69, 9.17) is 16.3 Å². The van der Waals surface area contributed by atoms with Crippen molar-refractivity contribution in [3.05, 3.63) is 58.6 Å². The second-order valence-corrected chi connectivity index (χ2v) is 5.03. The lowest BCUT2D eigenvalue weighted by Gasteiger charge is -2.05. The molecule has 5 heteroatoms. The van der Waals surface area contributed by atoms with Gasteiger partial charge in [-0.05, 0) is 23.8 Å². The van der Waals surface area contributed by atoms with Crippen molar-refractivity contribution in [2.45, 2.75) is 13.1 Å². The molecule has 2 rings (SSSR count). The fourth-order valence-electron chi connectivity index (χ4n) is 1.95. The van der Waals surface area contributed by atoms with Crippen molar-refractivity contribution < 1.29 is 9.13 Å². The molecule has 0 aliphatic rings. The standard InChI is InChI=1S/C15H18ClFN2O/c1-20-7-5-18-9-12-4-6-19(10-12)11-13-2-3-14(16)8-15(13)17/h2-4,6,8,10,18H,5,7,9,11H2,1H3. The zero-order valence-electron chi connectivity index (χ0n) is 11.4. The molecule has 1 heterocycles. The van der Waals surface area contributed by atoms with Crippen molar-refractivity contribution in [1.82, 2.24) is 9.88 Å². The van der Waals surface area contributed by atoms with E-state index < -0.39 is 0 Å². The molecule has 0 fully saturated rings. The van der Waals surface area contributed by atoms with E-state index in [1.807, 2.05) is 23.0 Å². The van der Waals surface area contributed by atoms with Gasteiger partial charge in [0.05, 0.1) is 6.61 Å². The summed E-state index contributed by atoms with van der Waals surface area (Å²) in [6.45, 7) is 2.78. The predicted molar refractivity (Wildman–Crippen MR) is 78.5 cm³/mol. The summed E-state index contributed by atoms with van der Waals surface area (Å²) in [7, 11) is 1.68. The number of methoxy groups -OCH3 is 1. The average molecular weight is 297 g/mol. The average Bonchev–Trinajstić information content (AvgIpc) is 2.86. The topological polar surface area (TPSA) is 26.2 Å². The molecule has 2 aromatic rings. The summed E-state index contributed by atoms with van der Waals surface area (Å²) in [6, 6.07) is 6.78. The highest BCUT2D eigenvalue weighted by Crippen LogP contribution is 2.16. The molecule has 108 valence electrons. The quantitative estimate of drug-likeness (QED) is 0.795. The highest BCUT2D eigenvalue weighted by Gasteiger charge is 2.04. The Hall–Kier alpha value is -1.36. The van der Waals surface area contributed by atoms with E-state index in [-0.39, 0.29) is 5.82 Å². The van der Waals surface area contributed by atoms with Crippen molar-refractivity contribution in [1.29, 1.82) is 0 Å². The van der Waals surface area contributed by atoms with Crippen LogP contribution in [0.1, 0.15) is 11.1 Å². The Morgan fingerprint density at radius 3 is 2.95 bits per heavy atom. The molecule has 0 aliphatic heterocycles. The zero-order valence-corrected chi connectivity index (χ0v) is 12.2. The molecule has 1 aromatic heterocycles. The van der Waals surface area contributed by atoms with Crippen LogP contribution in [0.4, 0.5) is 4.39 Å². The van der Waals surface area contributed by atoms with Crippen LogP contribution in [-0.4, -0.2) is 24.8 Å². The number of aromatic nitrogens is 1. The molecule has 0 radical (unpaired) electrons. The Balaban J connectivity index is 1.92. The molecule has 0 aliphatic carbocycles. The van der Waals surface area contributed by atoms with Crippen LogP contribution in [0.15, 0.2) is 36.7 Å². The zero-order chi connectivity index (χ0) is 14.4. The van der Waals surface area contributed by atoms with Gasteiger partial charge < -0.3 is 14.6 Å². The summed E-state index contributed by atoms with van der Waals surface area (Å²) in [5.41, 5.74) is 1.79. The van der Waals surface area contributed by atoms with E-state index in [0.717, 1.165) is 18.7 Å². The maximum atomic E-state index is 13.7. The molecule has 20 heavy (non-hydrogen) atoms. The number of rotatable bonds is 7. The van der Waals surface area contributed by atoms with Crippen molar-refractivity contribution in [2.75, 3.05) is 20.3 Å². The summed E-state index contributed by atoms with van der Waals surface area (Å²) in [5.74, 6) is -0.272. The van der Waals surface area contributed by atoms with Gasteiger partial charge in [0.25, 0.3) is 0 Å². The van der Waals surface area contributed by atoms with E-state index in [1.54, 1.807) is 19.2 Å². The van der Waals surface area contributed by atoms with Crippen LogP contribution in [0.5, 0.6) is 0 Å². The van der Waals surface area contributed by atoms with Gasteiger partial charge in [-0.3, -0.25) is 0 Å². The number of halogens is 2. The Labute approximate surface area is 123 Å². The van der Waals surface area contributed by atoms with Gasteiger partial charge in [-0.25, -0.2) is 4.39 Å². The smallest absolute Gasteiger partial charge is 0.129 e. The number of ether oxygens (including phenoxy) is 1. The molecule has 0 saturated carbocycles. The first-order chi connectivity index (χ1) is 9.69. The molecule has 1 N–H and O–H groups in total. The lowest BCUT2D eigenvalue weighted by Crippen LogP contribution is -2.18. The van der Waals surface area contributed by atoms with Crippen LogP contribution in [0.2, 0.25) is 5.02 Å². The van der Waals surface area contributed by atoms with Crippen molar-refractivity contribution in [3.63, 3.8) is 0 Å². The van der Waals surface area contributed by atoms with Crippen LogP contribution in [0, 0.1) is 5.82 Å². The fourth-order valence-corrected chi connectivity index (χ4v) is 2.11. The Bertz CT molecular complexity index is 557. The number of benzene rings is 1. The number of hydrogen-bond donors (Lipinski definition) is 1. The minimum absolute atomic E-state index is 0.272. The number of nitrogens with zero attached hydrogens (tertiary/aromatic N) is 1. The summed E-state index contributed by atoms with van der Waals surface area (Å²) in [4.78, 5) is 0. The third-order valence-electron chi connectivity index (χ3n) is 2.99. The molecular formula is C15H18ClFN2O. The lowest BCUT2D eigenvalue weighted by molar-refractivity contribution is 0.199. The van der Waals surface area contributed by atoms with Gasteiger partial charge in [-0.1, -0.05) is 17.7 Å². The Kier molecular flexibility index (Phi) is 5.59. The molecule has 0 amide bonds. The molecule has 1 aromatic carbocycles. The second-order valence-electron chi connectivity index (χ2n) is 4.60. The van der Waals surface area contributed by atoms with Crippen LogP contribution < -0.4 is 5.32 Å². The van der Waals surface area contributed by atoms with Crippen molar-refractivity contribution in [3.8, 4) is 0 Å². The van der Waals surface area contributed by atoms with E-state index in [0.29, 0.717) is 23.7 Å². The normalized spacial score (nSPS) is 10.9. The highest BCUT2D eigenvalue weighted by molar-refractivity contribution is 6.30. The first-order valence-corrected chi connectivity index (χ1v) is 6.85. The SMILES string of the molecule is COCCNCc1ccn(Cc2ccc(Cl)cc2F)c1. The van der Waals surface area contributed by atoms with E-state index in [1.165, 1.54) is 6.07 Å². The van der Waals surface area contributed by atoms with Gasteiger partial charge in [0, 0.05) is 49.7 Å². The highest BCUT2D eigenvalue weighted by atomic mass is 35.5. The second kappa shape index (κ2) is 7.43. The van der Waals surface area contributed by atoms with E-state index in [9.17, 15) is 4.39 Å². The monoisotopic (exact) mass is 296 g/mol.